The first-order valence-corrected chi connectivity index (χ1v) is 11.4. The molecule has 1 N–H and O–H groups in total. The fourth-order valence-electron chi connectivity index (χ4n) is 3.05. The van der Waals surface area contributed by atoms with Gasteiger partial charge in [0, 0.05) is 29.7 Å². The molecule has 0 radical (unpaired) electrons. The molecule has 3 rings (SSSR count). The number of benzene rings is 2. The van der Waals surface area contributed by atoms with E-state index >= 15 is 0 Å². The van der Waals surface area contributed by atoms with Crippen LogP contribution in [0.3, 0.4) is 0 Å². The Morgan fingerprint density at radius 3 is 2.52 bits per heavy atom. The molecule has 1 amide bonds. The minimum absolute atomic E-state index is 0.0242. The zero-order valence-electron chi connectivity index (χ0n) is 15.7. The summed E-state index contributed by atoms with van der Waals surface area (Å²) < 4.78 is 33.0. The predicted octanol–water partition coefficient (Wildman–Crippen LogP) is 3.48. The first-order chi connectivity index (χ1) is 13.9. The lowest BCUT2D eigenvalue weighted by Crippen LogP contribution is -2.42. The molecule has 0 saturated carbocycles. The van der Waals surface area contributed by atoms with E-state index in [9.17, 15) is 13.2 Å². The van der Waals surface area contributed by atoms with Crippen molar-refractivity contribution in [1.29, 1.82) is 0 Å². The summed E-state index contributed by atoms with van der Waals surface area (Å²) in [5.74, 6) is -0.398. The Morgan fingerprint density at radius 2 is 1.86 bits per heavy atom. The number of amides is 1. The Kier molecular flexibility index (Phi) is 7.54. The highest BCUT2D eigenvalue weighted by atomic mass is 35.5. The van der Waals surface area contributed by atoms with Gasteiger partial charge in [-0.25, -0.2) is 8.42 Å². The highest BCUT2D eigenvalue weighted by molar-refractivity contribution is 7.89. The summed E-state index contributed by atoms with van der Waals surface area (Å²) in [6, 6.07) is 12.8. The van der Waals surface area contributed by atoms with Crippen molar-refractivity contribution in [1.82, 2.24) is 9.62 Å². The molecule has 29 heavy (non-hydrogen) atoms. The third-order valence-corrected chi connectivity index (χ3v) is 7.05. The molecule has 0 aliphatic carbocycles. The number of carbonyl (C=O) groups is 1. The van der Waals surface area contributed by atoms with Crippen LogP contribution < -0.4 is 5.32 Å². The summed E-state index contributed by atoms with van der Waals surface area (Å²) >= 11 is 12.1. The van der Waals surface area contributed by atoms with Gasteiger partial charge >= 0.3 is 0 Å². The molecule has 1 aliphatic rings. The molecule has 1 saturated heterocycles. The fourth-order valence-corrected chi connectivity index (χ4v) is 4.74. The van der Waals surface area contributed by atoms with Gasteiger partial charge in [-0.2, -0.15) is 4.31 Å². The molecule has 1 fully saturated rings. The molecule has 6 nitrogen and oxygen atoms in total. The van der Waals surface area contributed by atoms with E-state index in [-0.39, 0.29) is 24.1 Å². The molecule has 9 heteroatoms. The number of halogens is 2. The van der Waals surface area contributed by atoms with Gasteiger partial charge in [0.15, 0.2) is 0 Å². The highest BCUT2D eigenvalue weighted by Crippen LogP contribution is 2.23. The third-order valence-electron chi connectivity index (χ3n) is 4.63. The van der Waals surface area contributed by atoms with E-state index in [1.807, 2.05) is 0 Å². The van der Waals surface area contributed by atoms with Gasteiger partial charge < -0.3 is 10.1 Å². The van der Waals surface area contributed by atoms with Crippen LogP contribution in [0, 0.1) is 0 Å². The van der Waals surface area contributed by atoms with Gasteiger partial charge in [-0.1, -0.05) is 41.4 Å². The summed E-state index contributed by atoms with van der Waals surface area (Å²) in [6.07, 6.45) is 1.82. The average molecular weight is 457 g/mol. The first kappa shape index (κ1) is 22.1. The van der Waals surface area contributed by atoms with Crippen LogP contribution in [0.5, 0.6) is 0 Å². The summed E-state index contributed by atoms with van der Waals surface area (Å²) in [7, 11) is -3.94. The number of hydrogen-bond donors (Lipinski definition) is 1. The Hall–Kier alpha value is -1.64. The molecule has 1 atom stereocenters. The Balaban J connectivity index is 1.79. The van der Waals surface area contributed by atoms with Gasteiger partial charge in [0.1, 0.15) is 0 Å². The Morgan fingerprint density at radius 1 is 1.14 bits per heavy atom. The maximum atomic E-state index is 13.2. The van der Waals surface area contributed by atoms with Gasteiger partial charge in [0.25, 0.3) is 0 Å². The van der Waals surface area contributed by atoms with Crippen LogP contribution in [0.25, 0.3) is 0 Å². The second kappa shape index (κ2) is 9.91. The molecule has 156 valence electrons. The number of nitrogens with one attached hydrogen (secondary N) is 1. The van der Waals surface area contributed by atoms with E-state index in [4.69, 9.17) is 27.9 Å². The number of rotatable bonds is 8. The minimum atomic E-state index is -3.94. The lowest BCUT2D eigenvalue weighted by atomic mass is 10.2. The van der Waals surface area contributed by atoms with Crippen LogP contribution in [-0.4, -0.2) is 44.4 Å². The number of carbonyl (C=O) groups excluding carboxylic acids is 1. The number of sulfonamides is 1. The second-order valence-electron chi connectivity index (χ2n) is 6.76. The van der Waals surface area contributed by atoms with Crippen molar-refractivity contribution in [2.45, 2.75) is 30.4 Å². The largest absolute Gasteiger partial charge is 0.376 e. The van der Waals surface area contributed by atoms with E-state index in [1.165, 1.54) is 24.3 Å². The zero-order chi connectivity index (χ0) is 20.9. The van der Waals surface area contributed by atoms with Crippen LogP contribution in [0.2, 0.25) is 10.0 Å². The van der Waals surface area contributed by atoms with Gasteiger partial charge in [-0.15, -0.1) is 0 Å². The van der Waals surface area contributed by atoms with Crippen LogP contribution in [0.1, 0.15) is 18.4 Å². The summed E-state index contributed by atoms with van der Waals surface area (Å²) in [4.78, 5) is 12.5. The molecular formula is C20H22Cl2N2O4S. The van der Waals surface area contributed by atoms with E-state index < -0.39 is 15.9 Å². The molecule has 0 spiro atoms. The van der Waals surface area contributed by atoms with Crippen molar-refractivity contribution < 1.29 is 17.9 Å². The van der Waals surface area contributed by atoms with Gasteiger partial charge in [0.05, 0.1) is 17.5 Å². The van der Waals surface area contributed by atoms with Crippen molar-refractivity contribution in [2.24, 2.45) is 0 Å². The van der Waals surface area contributed by atoms with E-state index in [1.54, 1.807) is 24.3 Å². The maximum Gasteiger partial charge on any atom is 0.243 e. The molecule has 0 bridgehead atoms. The Labute approximate surface area is 180 Å². The third kappa shape index (κ3) is 5.93. The standard InChI is InChI=1S/C20H22Cl2N2O4S/c21-16-7-9-18(10-8-16)29(26,27)24(13-15-4-1-2-6-19(15)22)14-20(25)23-12-17-5-3-11-28-17/h1-2,4,6-10,17H,3,5,11-14H2,(H,23,25)/t17-/m1/s1. The topological polar surface area (TPSA) is 75.7 Å². The van der Waals surface area contributed by atoms with E-state index in [2.05, 4.69) is 5.32 Å². The smallest absolute Gasteiger partial charge is 0.243 e. The SMILES string of the molecule is O=C(CN(Cc1ccccc1Cl)S(=O)(=O)c1ccc(Cl)cc1)NC[C@H]1CCCO1. The number of hydrogen-bond acceptors (Lipinski definition) is 4. The van der Waals surface area contributed by atoms with Gasteiger partial charge in [-0.05, 0) is 48.7 Å². The zero-order valence-corrected chi connectivity index (χ0v) is 18.0. The van der Waals surface area contributed by atoms with Crippen LogP contribution in [0.15, 0.2) is 53.4 Å². The monoisotopic (exact) mass is 456 g/mol. The van der Waals surface area contributed by atoms with Crippen molar-refractivity contribution in [2.75, 3.05) is 19.7 Å². The van der Waals surface area contributed by atoms with Crippen molar-refractivity contribution in [3.63, 3.8) is 0 Å². The number of nitrogens with zero attached hydrogens (tertiary/aromatic N) is 1. The first-order valence-electron chi connectivity index (χ1n) is 9.23. The van der Waals surface area contributed by atoms with E-state index in [0.29, 0.717) is 28.8 Å². The molecule has 1 heterocycles. The summed E-state index contributed by atoms with van der Waals surface area (Å²) in [6.45, 7) is 0.685. The molecule has 1 aliphatic heterocycles. The Bertz CT molecular complexity index is 945. The molecule has 0 unspecified atom stereocenters. The quantitative estimate of drug-likeness (QED) is 0.659. The normalized spacial score (nSPS) is 16.9. The second-order valence-corrected chi connectivity index (χ2v) is 9.54. The van der Waals surface area contributed by atoms with Crippen LogP contribution in [-0.2, 0) is 26.1 Å². The predicted molar refractivity (Wildman–Crippen MR) is 112 cm³/mol. The maximum absolute atomic E-state index is 13.2. The van der Waals surface area contributed by atoms with Crippen molar-refractivity contribution >= 4 is 39.1 Å². The highest BCUT2D eigenvalue weighted by Gasteiger charge is 2.28. The van der Waals surface area contributed by atoms with Crippen molar-refractivity contribution in [3.8, 4) is 0 Å². The van der Waals surface area contributed by atoms with Crippen LogP contribution >= 0.6 is 23.2 Å². The molecule has 2 aromatic rings. The number of ether oxygens (including phenoxy) is 1. The van der Waals surface area contributed by atoms with Gasteiger partial charge in [-0.3, -0.25) is 4.79 Å². The van der Waals surface area contributed by atoms with E-state index in [0.717, 1.165) is 17.1 Å². The lowest BCUT2D eigenvalue weighted by Gasteiger charge is -2.23. The van der Waals surface area contributed by atoms with Crippen LogP contribution in [0.4, 0.5) is 0 Å². The minimum Gasteiger partial charge on any atom is -0.376 e. The lowest BCUT2D eigenvalue weighted by molar-refractivity contribution is -0.121. The molecule has 0 aromatic heterocycles. The molecular weight excluding hydrogens is 435 g/mol. The molecule has 2 aromatic carbocycles. The summed E-state index contributed by atoms with van der Waals surface area (Å²) in [5, 5.41) is 3.62. The van der Waals surface area contributed by atoms with Gasteiger partial charge in [0.2, 0.25) is 15.9 Å². The van der Waals surface area contributed by atoms with Crippen molar-refractivity contribution in [3.05, 3.63) is 64.1 Å². The summed E-state index contributed by atoms with van der Waals surface area (Å²) in [5.41, 5.74) is 0.610. The average Bonchev–Trinajstić information content (AvgIpc) is 3.21. The fraction of sp³-hybridized carbons (Fsp3) is 0.350.